The Morgan fingerprint density at radius 3 is 2.32 bits per heavy atom. The minimum atomic E-state index is -0.567. The van der Waals surface area contributed by atoms with Gasteiger partial charge < -0.3 is 0 Å². The van der Waals surface area contributed by atoms with Crippen LogP contribution in [0.15, 0.2) is 30.3 Å². The highest BCUT2D eigenvalue weighted by atomic mass is 79.9. The van der Waals surface area contributed by atoms with Crippen molar-refractivity contribution >= 4 is 27.5 Å². The molecule has 19 heavy (non-hydrogen) atoms. The maximum absolute atomic E-state index is 13.9. The van der Waals surface area contributed by atoms with Crippen molar-refractivity contribution in [2.24, 2.45) is 0 Å². The summed E-state index contributed by atoms with van der Waals surface area (Å²) in [6.45, 7) is 3.53. The predicted octanol–water partition coefficient (Wildman–Crippen LogP) is 5.72. The third kappa shape index (κ3) is 3.15. The molecule has 0 radical (unpaired) electrons. The van der Waals surface area contributed by atoms with Gasteiger partial charge in [0.25, 0.3) is 0 Å². The number of alkyl halides is 1. The second-order valence-electron chi connectivity index (χ2n) is 4.55. The van der Waals surface area contributed by atoms with Gasteiger partial charge in [0.05, 0.1) is 4.83 Å². The van der Waals surface area contributed by atoms with E-state index in [0.717, 1.165) is 17.2 Å². The van der Waals surface area contributed by atoms with Crippen LogP contribution in [0.5, 0.6) is 0 Å². The topological polar surface area (TPSA) is 0 Å². The van der Waals surface area contributed by atoms with E-state index in [1.807, 2.05) is 19.1 Å². The first-order valence-electron chi connectivity index (χ1n) is 5.75. The second kappa shape index (κ2) is 5.59. The molecule has 2 aromatic carbocycles. The molecule has 1 unspecified atom stereocenters. The van der Waals surface area contributed by atoms with Gasteiger partial charge in [-0.05, 0) is 48.7 Å². The maximum atomic E-state index is 13.9. The van der Waals surface area contributed by atoms with E-state index >= 15 is 0 Å². The van der Waals surface area contributed by atoms with Gasteiger partial charge in [0.2, 0.25) is 0 Å². The van der Waals surface area contributed by atoms with Gasteiger partial charge in [-0.25, -0.2) is 8.78 Å². The smallest absolute Gasteiger partial charge is 0.130 e. The number of rotatable bonds is 2. The zero-order valence-corrected chi connectivity index (χ0v) is 12.8. The Labute approximate surface area is 124 Å². The summed E-state index contributed by atoms with van der Waals surface area (Å²) >= 11 is 9.45. The Balaban J connectivity index is 2.49. The highest BCUT2D eigenvalue weighted by molar-refractivity contribution is 9.09. The number of benzene rings is 2. The minimum Gasteiger partial charge on any atom is -0.207 e. The van der Waals surface area contributed by atoms with Gasteiger partial charge in [0.1, 0.15) is 11.6 Å². The summed E-state index contributed by atoms with van der Waals surface area (Å²) in [6.07, 6.45) is 0. The van der Waals surface area contributed by atoms with E-state index in [1.54, 1.807) is 13.0 Å². The summed E-state index contributed by atoms with van der Waals surface area (Å²) in [6, 6.07) is 7.95. The van der Waals surface area contributed by atoms with Crippen molar-refractivity contribution in [3.05, 3.63) is 69.2 Å². The molecule has 0 amide bonds. The van der Waals surface area contributed by atoms with Crippen LogP contribution >= 0.6 is 27.5 Å². The first kappa shape index (κ1) is 14.5. The van der Waals surface area contributed by atoms with E-state index in [9.17, 15) is 8.78 Å². The van der Waals surface area contributed by atoms with Crippen molar-refractivity contribution in [3.8, 4) is 0 Å². The van der Waals surface area contributed by atoms with Crippen LogP contribution in [0, 0.1) is 25.5 Å². The van der Waals surface area contributed by atoms with Crippen LogP contribution < -0.4 is 0 Å². The Morgan fingerprint density at radius 1 is 1.00 bits per heavy atom. The molecular formula is C15H12BrClF2. The fourth-order valence-electron chi connectivity index (χ4n) is 1.96. The lowest BCUT2D eigenvalue weighted by molar-refractivity contribution is 0.569. The molecule has 0 fully saturated rings. The molecule has 0 aliphatic heterocycles. The van der Waals surface area contributed by atoms with Crippen molar-refractivity contribution in [2.75, 3.05) is 0 Å². The Hall–Kier alpha value is -0.930. The molecule has 1 atom stereocenters. The third-order valence-electron chi connectivity index (χ3n) is 2.91. The van der Waals surface area contributed by atoms with Crippen LogP contribution in [0.25, 0.3) is 0 Å². The van der Waals surface area contributed by atoms with Gasteiger partial charge in [0, 0.05) is 16.7 Å². The van der Waals surface area contributed by atoms with E-state index < -0.39 is 11.6 Å². The first-order valence-corrected chi connectivity index (χ1v) is 7.04. The number of aryl methyl sites for hydroxylation is 2. The van der Waals surface area contributed by atoms with Gasteiger partial charge in [-0.3, -0.25) is 0 Å². The first-order chi connectivity index (χ1) is 8.88. The highest BCUT2D eigenvalue weighted by Gasteiger charge is 2.17. The lowest BCUT2D eigenvalue weighted by Crippen LogP contribution is -2.00. The molecule has 100 valence electrons. The average molecular weight is 346 g/mol. The molecule has 0 aliphatic rings. The summed E-state index contributed by atoms with van der Waals surface area (Å²) in [7, 11) is 0. The Morgan fingerprint density at radius 2 is 1.68 bits per heavy atom. The van der Waals surface area contributed by atoms with Crippen molar-refractivity contribution < 1.29 is 8.78 Å². The van der Waals surface area contributed by atoms with Crippen LogP contribution in [0.1, 0.15) is 27.1 Å². The average Bonchev–Trinajstić information content (AvgIpc) is 2.31. The molecule has 0 bridgehead atoms. The number of halogens is 4. The molecule has 0 aliphatic carbocycles. The Kier molecular flexibility index (Phi) is 4.26. The maximum Gasteiger partial charge on any atom is 0.130 e. The zero-order chi connectivity index (χ0) is 14.2. The van der Waals surface area contributed by atoms with Gasteiger partial charge in [0.15, 0.2) is 0 Å². The van der Waals surface area contributed by atoms with E-state index in [4.69, 9.17) is 11.6 Å². The zero-order valence-electron chi connectivity index (χ0n) is 10.5. The van der Waals surface area contributed by atoms with Gasteiger partial charge in [-0.15, -0.1) is 0 Å². The quantitative estimate of drug-likeness (QED) is 0.611. The third-order valence-corrected chi connectivity index (χ3v) is 4.15. The summed E-state index contributed by atoms with van der Waals surface area (Å²) < 4.78 is 27.1. The van der Waals surface area contributed by atoms with Crippen molar-refractivity contribution in [1.29, 1.82) is 0 Å². The predicted molar refractivity (Wildman–Crippen MR) is 78.1 cm³/mol. The lowest BCUT2D eigenvalue weighted by atomic mass is 10.0. The van der Waals surface area contributed by atoms with Crippen LogP contribution in [-0.4, -0.2) is 0 Å². The molecule has 0 N–H and O–H groups in total. The summed E-state index contributed by atoms with van der Waals surface area (Å²) in [5, 5.41) is 0.596. The van der Waals surface area contributed by atoms with Crippen LogP contribution in [0.4, 0.5) is 8.78 Å². The molecule has 4 heteroatoms. The molecular weight excluding hydrogens is 334 g/mol. The summed E-state index contributed by atoms with van der Waals surface area (Å²) in [5.41, 5.74) is 2.65. The molecule has 2 rings (SSSR count). The second-order valence-corrected chi connectivity index (χ2v) is 5.90. The number of hydrogen-bond acceptors (Lipinski definition) is 0. The Bertz CT molecular complexity index is 606. The standard InChI is InChI=1S/C15H12BrClF2/c1-8-3-10(6-11(17)4-8)15(16)12-5-9(2)13(18)7-14(12)19/h3-7,15H,1-2H3. The normalized spacial score (nSPS) is 12.5. The van der Waals surface area contributed by atoms with Crippen LogP contribution in [0.3, 0.4) is 0 Å². The summed E-state index contributed by atoms with van der Waals surface area (Å²) in [4.78, 5) is -0.357. The van der Waals surface area contributed by atoms with E-state index in [0.29, 0.717) is 16.1 Å². The molecule has 0 heterocycles. The highest BCUT2D eigenvalue weighted by Crippen LogP contribution is 2.35. The fourth-order valence-corrected chi connectivity index (χ4v) is 2.88. The largest absolute Gasteiger partial charge is 0.207 e. The van der Waals surface area contributed by atoms with Crippen LogP contribution in [0.2, 0.25) is 5.02 Å². The fraction of sp³-hybridized carbons (Fsp3) is 0.200. The van der Waals surface area contributed by atoms with Crippen molar-refractivity contribution in [3.63, 3.8) is 0 Å². The lowest BCUT2D eigenvalue weighted by Gasteiger charge is -2.14. The number of hydrogen-bond donors (Lipinski definition) is 0. The van der Waals surface area contributed by atoms with Crippen LogP contribution in [-0.2, 0) is 0 Å². The molecule has 0 nitrogen and oxygen atoms in total. The van der Waals surface area contributed by atoms with E-state index in [-0.39, 0.29) is 4.83 Å². The SMILES string of the molecule is Cc1cc(Cl)cc(C(Br)c2cc(C)c(F)cc2F)c1. The monoisotopic (exact) mass is 344 g/mol. The molecule has 2 aromatic rings. The van der Waals surface area contributed by atoms with Crippen molar-refractivity contribution in [1.82, 2.24) is 0 Å². The van der Waals surface area contributed by atoms with Crippen molar-refractivity contribution in [2.45, 2.75) is 18.7 Å². The van der Waals surface area contributed by atoms with E-state index in [2.05, 4.69) is 15.9 Å². The van der Waals surface area contributed by atoms with Gasteiger partial charge >= 0.3 is 0 Å². The molecule has 0 saturated carbocycles. The summed E-state index contributed by atoms with van der Waals surface area (Å²) in [5.74, 6) is -1.11. The van der Waals surface area contributed by atoms with E-state index in [1.165, 1.54) is 6.07 Å². The van der Waals surface area contributed by atoms with Gasteiger partial charge in [-0.2, -0.15) is 0 Å². The van der Waals surface area contributed by atoms with Gasteiger partial charge in [-0.1, -0.05) is 33.6 Å². The molecule has 0 aromatic heterocycles. The minimum absolute atomic E-state index is 0.357. The molecule has 0 saturated heterocycles. The molecule has 0 spiro atoms.